The number of hydrogen-bond acceptors (Lipinski definition) is 4. The Labute approximate surface area is 195 Å². The Hall–Kier alpha value is -2.20. The molecule has 2 N–H and O–H groups in total. The van der Waals surface area contributed by atoms with Gasteiger partial charge in [-0.25, -0.2) is 4.99 Å². The first-order valence-corrected chi connectivity index (χ1v) is 10.2. The first-order valence-electron chi connectivity index (χ1n) is 10.2. The van der Waals surface area contributed by atoms with Crippen LogP contribution in [0.15, 0.2) is 53.5 Å². The zero-order valence-electron chi connectivity index (χ0n) is 17.3. The molecule has 8 heteroatoms. The van der Waals surface area contributed by atoms with Crippen LogP contribution in [0.4, 0.5) is 5.69 Å². The Morgan fingerprint density at radius 1 is 1.07 bits per heavy atom. The summed E-state index contributed by atoms with van der Waals surface area (Å²) in [6, 6.07) is 15.4. The lowest BCUT2D eigenvalue weighted by molar-refractivity contribution is -0.385. The molecule has 0 amide bonds. The summed E-state index contributed by atoms with van der Waals surface area (Å²) in [7, 11) is 0. The first kappa shape index (κ1) is 24.1. The number of rotatable bonds is 8. The Bertz CT molecular complexity index is 836. The highest BCUT2D eigenvalue weighted by Crippen LogP contribution is 2.17. The van der Waals surface area contributed by atoms with Crippen molar-refractivity contribution in [1.82, 2.24) is 15.5 Å². The summed E-state index contributed by atoms with van der Waals surface area (Å²) in [6.45, 7) is 7.02. The van der Waals surface area contributed by atoms with Gasteiger partial charge in [-0.2, -0.15) is 0 Å². The number of guanidine groups is 1. The quantitative estimate of drug-likeness (QED) is 0.179. The van der Waals surface area contributed by atoms with Gasteiger partial charge in [0.2, 0.25) is 0 Å². The number of aliphatic imine (C=N–C) groups is 1. The summed E-state index contributed by atoms with van der Waals surface area (Å²) >= 11 is 0. The van der Waals surface area contributed by atoms with Crippen molar-refractivity contribution in [2.45, 2.75) is 39.4 Å². The average Bonchev–Trinajstić information content (AvgIpc) is 3.24. The van der Waals surface area contributed by atoms with Gasteiger partial charge in [0.05, 0.1) is 11.5 Å². The monoisotopic (exact) mass is 523 g/mol. The van der Waals surface area contributed by atoms with Gasteiger partial charge < -0.3 is 10.6 Å². The number of likely N-dealkylation sites (tertiary alicyclic amines) is 1. The molecule has 1 saturated heterocycles. The van der Waals surface area contributed by atoms with Crippen LogP contribution in [0.3, 0.4) is 0 Å². The summed E-state index contributed by atoms with van der Waals surface area (Å²) in [5.74, 6) is 0.645. The van der Waals surface area contributed by atoms with E-state index in [1.807, 2.05) is 6.92 Å². The van der Waals surface area contributed by atoms with Crippen LogP contribution >= 0.6 is 24.0 Å². The molecule has 0 saturated carbocycles. The number of benzene rings is 2. The minimum absolute atomic E-state index is 0. The van der Waals surface area contributed by atoms with Gasteiger partial charge in [-0.05, 0) is 44.0 Å². The molecule has 0 aliphatic carbocycles. The predicted octanol–water partition coefficient (Wildman–Crippen LogP) is 4.06. The van der Waals surface area contributed by atoms with Crippen LogP contribution in [0.25, 0.3) is 0 Å². The Balaban J connectivity index is 0.00000320. The molecule has 0 unspecified atom stereocenters. The average molecular weight is 523 g/mol. The standard InChI is InChI=1S/C22H29N5O2.HI/c1-2-23-22(25-16-20-7-3-4-8-21(20)27(28)29)24-15-18-9-11-19(12-10-18)17-26-13-5-6-14-26;/h3-4,7-12H,2,5-6,13-17H2,1H3,(H2,23,24,25);1H. The molecule has 30 heavy (non-hydrogen) atoms. The van der Waals surface area contributed by atoms with E-state index in [-0.39, 0.29) is 34.6 Å². The lowest BCUT2D eigenvalue weighted by Gasteiger charge is -2.14. The van der Waals surface area contributed by atoms with E-state index < -0.39 is 0 Å². The molecule has 7 nitrogen and oxygen atoms in total. The molecule has 0 radical (unpaired) electrons. The van der Waals surface area contributed by atoms with Crippen molar-refractivity contribution in [2.24, 2.45) is 4.99 Å². The van der Waals surface area contributed by atoms with Gasteiger partial charge in [-0.3, -0.25) is 15.0 Å². The minimum atomic E-state index is -0.356. The van der Waals surface area contributed by atoms with Crippen LogP contribution in [0.1, 0.15) is 36.5 Å². The van der Waals surface area contributed by atoms with Gasteiger partial charge in [0.1, 0.15) is 0 Å². The number of nitrogens with one attached hydrogen (secondary N) is 2. The summed E-state index contributed by atoms with van der Waals surface area (Å²) in [4.78, 5) is 17.9. The number of nitro groups is 1. The zero-order chi connectivity index (χ0) is 20.5. The Morgan fingerprint density at radius 2 is 1.73 bits per heavy atom. The van der Waals surface area contributed by atoms with Crippen molar-refractivity contribution < 1.29 is 4.92 Å². The second-order valence-electron chi connectivity index (χ2n) is 7.23. The fourth-order valence-corrected chi connectivity index (χ4v) is 3.48. The molecule has 2 aromatic carbocycles. The molecule has 0 atom stereocenters. The molecule has 2 aromatic rings. The second-order valence-corrected chi connectivity index (χ2v) is 7.23. The van der Waals surface area contributed by atoms with E-state index in [0.717, 1.165) is 18.7 Å². The maximum Gasteiger partial charge on any atom is 0.274 e. The largest absolute Gasteiger partial charge is 0.357 e. The van der Waals surface area contributed by atoms with E-state index in [4.69, 9.17) is 0 Å². The SMILES string of the molecule is CCNC(=NCc1ccc(CN2CCCC2)cc1)NCc1ccccc1[N+](=O)[O-].I. The van der Waals surface area contributed by atoms with E-state index in [0.29, 0.717) is 24.6 Å². The van der Waals surface area contributed by atoms with Crippen molar-refractivity contribution in [3.8, 4) is 0 Å². The van der Waals surface area contributed by atoms with E-state index >= 15 is 0 Å². The smallest absolute Gasteiger partial charge is 0.274 e. The molecule has 1 fully saturated rings. The number of nitro benzene ring substituents is 1. The van der Waals surface area contributed by atoms with E-state index in [9.17, 15) is 10.1 Å². The molecule has 0 aromatic heterocycles. The lowest BCUT2D eigenvalue weighted by Crippen LogP contribution is -2.36. The number of nitrogens with zero attached hydrogens (tertiary/aromatic N) is 3. The van der Waals surface area contributed by atoms with Gasteiger partial charge in [0.25, 0.3) is 5.69 Å². The van der Waals surface area contributed by atoms with Gasteiger partial charge in [-0.15, -0.1) is 24.0 Å². The first-order chi connectivity index (χ1) is 14.2. The van der Waals surface area contributed by atoms with Crippen molar-refractivity contribution in [2.75, 3.05) is 19.6 Å². The van der Waals surface area contributed by atoms with Gasteiger partial charge >= 0.3 is 0 Å². The fraction of sp³-hybridized carbons (Fsp3) is 0.409. The third-order valence-electron chi connectivity index (χ3n) is 5.03. The molecular formula is C22H30IN5O2. The molecule has 1 aliphatic heterocycles. The molecule has 0 spiro atoms. The van der Waals surface area contributed by atoms with Crippen molar-refractivity contribution in [3.05, 3.63) is 75.3 Å². The Kier molecular flexibility index (Phi) is 10.0. The second kappa shape index (κ2) is 12.5. The highest BCUT2D eigenvalue weighted by molar-refractivity contribution is 14.0. The van der Waals surface area contributed by atoms with Gasteiger partial charge in [0.15, 0.2) is 5.96 Å². The van der Waals surface area contributed by atoms with Crippen LogP contribution in [0.2, 0.25) is 0 Å². The normalized spacial score (nSPS) is 14.2. The summed E-state index contributed by atoms with van der Waals surface area (Å²) in [6.07, 6.45) is 2.61. The lowest BCUT2D eigenvalue weighted by atomic mass is 10.1. The van der Waals surface area contributed by atoms with E-state index in [1.165, 1.54) is 37.6 Å². The molecule has 3 rings (SSSR count). The van der Waals surface area contributed by atoms with Crippen molar-refractivity contribution in [1.29, 1.82) is 0 Å². The van der Waals surface area contributed by atoms with Crippen molar-refractivity contribution in [3.63, 3.8) is 0 Å². The van der Waals surface area contributed by atoms with Crippen LogP contribution in [-0.2, 0) is 19.6 Å². The van der Waals surface area contributed by atoms with Crippen LogP contribution in [0.5, 0.6) is 0 Å². The molecular weight excluding hydrogens is 493 g/mol. The van der Waals surface area contributed by atoms with Crippen LogP contribution in [-0.4, -0.2) is 35.4 Å². The highest BCUT2D eigenvalue weighted by atomic mass is 127. The predicted molar refractivity (Wildman–Crippen MR) is 131 cm³/mol. The molecule has 0 bridgehead atoms. The summed E-state index contributed by atoms with van der Waals surface area (Å²) in [5.41, 5.74) is 3.22. The third-order valence-corrected chi connectivity index (χ3v) is 5.03. The number of halogens is 1. The van der Waals surface area contributed by atoms with Crippen LogP contribution in [0, 0.1) is 10.1 Å². The molecule has 1 heterocycles. The number of hydrogen-bond donors (Lipinski definition) is 2. The molecule has 1 aliphatic rings. The van der Waals surface area contributed by atoms with E-state index in [2.05, 4.69) is 44.8 Å². The van der Waals surface area contributed by atoms with Crippen LogP contribution < -0.4 is 10.6 Å². The van der Waals surface area contributed by atoms with Crippen molar-refractivity contribution >= 4 is 35.6 Å². The summed E-state index contributed by atoms with van der Waals surface area (Å²) in [5, 5.41) is 17.6. The summed E-state index contributed by atoms with van der Waals surface area (Å²) < 4.78 is 0. The highest BCUT2D eigenvalue weighted by Gasteiger charge is 2.13. The maximum atomic E-state index is 11.2. The van der Waals surface area contributed by atoms with Gasteiger partial charge in [-0.1, -0.05) is 42.5 Å². The fourth-order valence-electron chi connectivity index (χ4n) is 3.48. The third kappa shape index (κ3) is 7.24. The maximum absolute atomic E-state index is 11.2. The molecule has 162 valence electrons. The zero-order valence-corrected chi connectivity index (χ0v) is 19.7. The Morgan fingerprint density at radius 3 is 2.40 bits per heavy atom. The minimum Gasteiger partial charge on any atom is -0.357 e. The van der Waals surface area contributed by atoms with Gasteiger partial charge in [0, 0.05) is 31.3 Å². The van der Waals surface area contributed by atoms with E-state index in [1.54, 1.807) is 18.2 Å². The topological polar surface area (TPSA) is 82.8 Å². The number of para-hydroxylation sites is 1.